The number of anilines is 1. The maximum Gasteiger partial charge on any atom is 0.160 e. The van der Waals surface area contributed by atoms with Crippen molar-refractivity contribution in [2.75, 3.05) is 11.2 Å². The molecule has 4 bridgehead atoms. The molecule has 0 saturated carbocycles. The molecule has 2 aliphatic rings. The molecule has 4 heterocycles. The van der Waals surface area contributed by atoms with Crippen molar-refractivity contribution < 1.29 is 0 Å². The molecule has 1 fully saturated rings. The van der Waals surface area contributed by atoms with Crippen molar-refractivity contribution in [3.05, 3.63) is 89.1 Å². The summed E-state index contributed by atoms with van der Waals surface area (Å²) < 4.78 is 0. The molecule has 260 valence electrons. The summed E-state index contributed by atoms with van der Waals surface area (Å²) in [5.74, 6) is 3.02. The predicted octanol–water partition coefficient (Wildman–Crippen LogP) is 10.9. The van der Waals surface area contributed by atoms with E-state index in [2.05, 4.69) is 102 Å². The second-order valence-corrected chi connectivity index (χ2v) is 13.8. The Kier molecular flexibility index (Phi) is 16.0. The van der Waals surface area contributed by atoms with Crippen LogP contribution >= 0.6 is 11.9 Å². The van der Waals surface area contributed by atoms with Crippen LogP contribution in [-0.4, -0.2) is 32.2 Å². The lowest BCUT2D eigenvalue weighted by molar-refractivity contribution is 0.308. The van der Waals surface area contributed by atoms with Crippen molar-refractivity contribution in [3.63, 3.8) is 0 Å². The summed E-state index contributed by atoms with van der Waals surface area (Å²) in [7, 11) is 0. The van der Waals surface area contributed by atoms with Crippen LogP contribution in [0, 0.1) is 32.6 Å². The Bertz CT molecular complexity index is 1510. The number of benzene rings is 2. The fourth-order valence-corrected chi connectivity index (χ4v) is 7.02. The maximum absolute atomic E-state index is 5.15. The standard InChI is InChI=1S/C35H41N5.C3H8.C2H6.CH5NS/c1-22(2)17-26-11-8-14-32(35-36-20-23(3)21-37-35)40-29-13-7-12-27(18-29)34-38-28(15-16-31(26)40)19-30(39-34)33-24(4)9-6-10-25(33)5;1-3-2;1-2;1-3-2/h6-7,9-10,12-13,18-22,26,31-32H,8,11,14-17H2,1-5H3;3H2,1-2H3;1-2H3;2H2,1H3. The van der Waals surface area contributed by atoms with Gasteiger partial charge < -0.3 is 4.90 Å². The molecule has 7 heteroatoms. The van der Waals surface area contributed by atoms with Crippen LogP contribution < -0.4 is 10.0 Å². The van der Waals surface area contributed by atoms with Crippen molar-refractivity contribution in [3.8, 4) is 22.6 Å². The zero-order valence-electron chi connectivity index (χ0n) is 31.3. The van der Waals surface area contributed by atoms with E-state index in [0.717, 1.165) is 53.4 Å². The van der Waals surface area contributed by atoms with Crippen LogP contribution in [0.25, 0.3) is 22.6 Å². The zero-order chi connectivity index (χ0) is 35.2. The quantitative estimate of drug-likeness (QED) is 0.217. The molecule has 0 aliphatic carbocycles. The highest BCUT2D eigenvalue weighted by Crippen LogP contribution is 2.43. The highest BCUT2D eigenvalue weighted by Gasteiger charge is 2.37. The lowest BCUT2D eigenvalue weighted by atomic mass is 9.84. The first kappa shape index (κ1) is 39.2. The Morgan fingerprint density at radius 1 is 0.896 bits per heavy atom. The van der Waals surface area contributed by atoms with Crippen molar-refractivity contribution in [1.82, 2.24) is 19.9 Å². The Morgan fingerprint density at radius 3 is 2.15 bits per heavy atom. The van der Waals surface area contributed by atoms with E-state index in [4.69, 9.17) is 25.1 Å². The lowest BCUT2D eigenvalue weighted by Gasteiger charge is -2.42. The van der Waals surface area contributed by atoms with E-state index in [9.17, 15) is 0 Å². The molecule has 3 unspecified atom stereocenters. The van der Waals surface area contributed by atoms with Gasteiger partial charge in [-0.25, -0.2) is 19.9 Å². The second-order valence-electron chi connectivity index (χ2n) is 13.3. The number of nitrogens with two attached hydrogens (primary N) is 1. The third-order valence-electron chi connectivity index (χ3n) is 8.78. The molecule has 1 saturated heterocycles. The smallest absolute Gasteiger partial charge is 0.160 e. The van der Waals surface area contributed by atoms with E-state index in [1.807, 2.05) is 32.5 Å². The van der Waals surface area contributed by atoms with Gasteiger partial charge in [-0.1, -0.05) is 96.7 Å². The van der Waals surface area contributed by atoms with Crippen molar-refractivity contribution in [2.45, 2.75) is 119 Å². The van der Waals surface area contributed by atoms with Crippen LogP contribution in [-0.2, 0) is 6.42 Å². The Labute approximate surface area is 296 Å². The van der Waals surface area contributed by atoms with Crippen LogP contribution in [0.3, 0.4) is 0 Å². The van der Waals surface area contributed by atoms with Gasteiger partial charge in [0.1, 0.15) is 0 Å². The van der Waals surface area contributed by atoms with Crippen LogP contribution in [0.1, 0.15) is 114 Å². The van der Waals surface area contributed by atoms with Gasteiger partial charge >= 0.3 is 0 Å². The second kappa shape index (κ2) is 19.6. The van der Waals surface area contributed by atoms with Gasteiger partial charge in [0.25, 0.3) is 0 Å². The molecule has 6 rings (SSSR count). The van der Waals surface area contributed by atoms with Gasteiger partial charge in [-0.05, 0) is 106 Å². The van der Waals surface area contributed by atoms with E-state index in [1.165, 1.54) is 60.0 Å². The summed E-state index contributed by atoms with van der Waals surface area (Å²) in [6, 6.07) is 18.2. The summed E-state index contributed by atoms with van der Waals surface area (Å²) in [4.78, 5) is 22.7. The van der Waals surface area contributed by atoms with Gasteiger partial charge in [-0.2, -0.15) is 0 Å². The molecule has 0 radical (unpaired) electrons. The minimum Gasteiger partial charge on any atom is -0.358 e. The average Bonchev–Trinajstić information content (AvgIpc) is 3.24. The maximum atomic E-state index is 5.15. The fraction of sp³-hybridized carbons (Fsp3) is 0.512. The zero-order valence-corrected chi connectivity index (χ0v) is 32.1. The normalized spacial score (nSPS) is 18.1. The SMILES string of the molecule is CC.CCC.CSN.Cc1cnc(C2CCCC(CC(C)C)C3CCc4cc(-c5c(C)cccc5C)nc(n4)-c4cccc(c4)N23)nc1. The van der Waals surface area contributed by atoms with Gasteiger partial charge in [0.05, 0.1) is 11.7 Å². The van der Waals surface area contributed by atoms with Gasteiger partial charge in [0.15, 0.2) is 11.6 Å². The molecule has 2 N–H and O–H groups in total. The Balaban J connectivity index is 0.000000717. The van der Waals surface area contributed by atoms with Crippen LogP contribution in [0.15, 0.2) is 60.9 Å². The van der Waals surface area contributed by atoms with E-state index < -0.39 is 0 Å². The van der Waals surface area contributed by atoms with Crippen molar-refractivity contribution >= 4 is 17.6 Å². The minimum atomic E-state index is 0.155. The molecule has 6 nitrogen and oxygen atoms in total. The molecule has 2 aliphatic heterocycles. The molecule has 2 aromatic heterocycles. The molecular weight excluding hydrogens is 609 g/mol. The Morgan fingerprint density at radius 2 is 1.52 bits per heavy atom. The summed E-state index contributed by atoms with van der Waals surface area (Å²) >= 11 is 1.25. The lowest BCUT2D eigenvalue weighted by Crippen LogP contribution is -2.43. The van der Waals surface area contributed by atoms with Crippen LogP contribution in [0.4, 0.5) is 5.69 Å². The van der Waals surface area contributed by atoms with Gasteiger partial charge in [-0.3, -0.25) is 5.14 Å². The van der Waals surface area contributed by atoms with E-state index in [-0.39, 0.29) is 6.04 Å². The summed E-state index contributed by atoms with van der Waals surface area (Å²) in [5.41, 5.74) is 9.30. The van der Waals surface area contributed by atoms with E-state index in [0.29, 0.717) is 17.9 Å². The number of hydrogen-bond donors (Lipinski definition) is 1. The molecular formula is C41H60N6S. The van der Waals surface area contributed by atoms with E-state index >= 15 is 0 Å². The molecule has 2 aromatic carbocycles. The summed E-state index contributed by atoms with van der Waals surface area (Å²) in [6.45, 7) is 19.4. The number of aryl methyl sites for hydroxylation is 4. The third-order valence-corrected chi connectivity index (χ3v) is 8.78. The van der Waals surface area contributed by atoms with Gasteiger partial charge in [0.2, 0.25) is 0 Å². The number of aromatic nitrogens is 4. The first-order valence-electron chi connectivity index (χ1n) is 18.0. The number of nitrogens with zero attached hydrogens (tertiary/aromatic N) is 5. The first-order chi connectivity index (χ1) is 23.2. The highest BCUT2D eigenvalue weighted by atomic mass is 32.2. The largest absolute Gasteiger partial charge is 0.358 e. The number of hydrogen-bond acceptors (Lipinski definition) is 7. The highest BCUT2D eigenvalue weighted by molar-refractivity contribution is 7.96. The number of fused-ring (bicyclic) bond motifs is 7. The minimum absolute atomic E-state index is 0.155. The predicted molar refractivity (Wildman–Crippen MR) is 208 cm³/mol. The summed E-state index contributed by atoms with van der Waals surface area (Å²) in [5, 5.41) is 4.76. The molecule has 0 spiro atoms. The van der Waals surface area contributed by atoms with Gasteiger partial charge in [0, 0.05) is 40.9 Å². The fourth-order valence-electron chi connectivity index (χ4n) is 7.02. The molecule has 3 atom stereocenters. The van der Waals surface area contributed by atoms with Crippen LogP contribution in [0.2, 0.25) is 0 Å². The number of rotatable bonds is 4. The Hall–Kier alpha value is -3.29. The third kappa shape index (κ3) is 10.1. The monoisotopic (exact) mass is 668 g/mol. The van der Waals surface area contributed by atoms with E-state index in [1.54, 1.807) is 0 Å². The molecule has 4 aromatic rings. The van der Waals surface area contributed by atoms with Crippen LogP contribution in [0.5, 0.6) is 0 Å². The molecule has 0 amide bonds. The first-order valence-corrected chi connectivity index (χ1v) is 19.3. The topological polar surface area (TPSA) is 80.8 Å². The van der Waals surface area contributed by atoms with Crippen molar-refractivity contribution in [2.24, 2.45) is 17.0 Å². The summed E-state index contributed by atoms with van der Waals surface area (Å²) in [6.07, 6.45) is 13.7. The average molecular weight is 669 g/mol. The van der Waals surface area contributed by atoms with Crippen molar-refractivity contribution in [1.29, 1.82) is 0 Å². The van der Waals surface area contributed by atoms with Gasteiger partial charge in [-0.15, -0.1) is 0 Å². The molecule has 48 heavy (non-hydrogen) atoms.